The van der Waals surface area contributed by atoms with Crippen molar-refractivity contribution in [2.75, 3.05) is 19.6 Å². The second-order valence-electron chi connectivity index (χ2n) is 6.54. The van der Waals surface area contributed by atoms with Gasteiger partial charge in [0.25, 0.3) is 0 Å². The van der Waals surface area contributed by atoms with Gasteiger partial charge in [0, 0.05) is 13.1 Å². The SMILES string of the molecule is CC(O)(CNC(=O)N1CCC(C(C)(C)C)C1)C(=O)O. The van der Waals surface area contributed by atoms with E-state index >= 15 is 0 Å². The third-order valence-electron chi connectivity index (χ3n) is 3.74. The van der Waals surface area contributed by atoms with Gasteiger partial charge in [0.1, 0.15) is 0 Å². The van der Waals surface area contributed by atoms with E-state index in [1.54, 1.807) is 4.90 Å². The number of carbonyl (C=O) groups is 2. The van der Waals surface area contributed by atoms with Gasteiger partial charge in [0.05, 0.1) is 6.54 Å². The summed E-state index contributed by atoms with van der Waals surface area (Å²) in [5, 5.41) is 20.8. The Morgan fingerprint density at radius 3 is 2.32 bits per heavy atom. The predicted octanol–water partition coefficient (Wildman–Crippen LogP) is 0.900. The van der Waals surface area contributed by atoms with E-state index in [-0.39, 0.29) is 18.0 Å². The van der Waals surface area contributed by atoms with Gasteiger partial charge in [0.2, 0.25) is 0 Å². The lowest BCUT2D eigenvalue weighted by atomic mass is 9.80. The van der Waals surface area contributed by atoms with E-state index in [2.05, 4.69) is 26.1 Å². The Labute approximate surface area is 113 Å². The molecule has 0 bridgehead atoms. The topological polar surface area (TPSA) is 89.9 Å². The number of aliphatic hydroxyl groups is 1. The first-order valence-corrected chi connectivity index (χ1v) is 6.52. The molecule has 0 aromatic rings. The fraction of sp³-hybridized carbons (Fsp3) is 0.846. The first-order chi connectivity index (χ1) is 8.54. The van der Waals surface area contributed by atoms with Crippen molar-refractivity contribution in [2.45, 2.75) is 39.7 Å². The van der Waals surface area contributed by atoms with Gasteiger partial charge in [0.15, 0.2) is 5.60 Å². The quantitative estimate of drug-likeness (QED) is 0.712. The second-order valence-corrected chi connectivity index (χ2v) is 6.54. The second kappa shape index (κ2) is 5.36. The maximum atomic E-state index is 11.9. The molecule has 19 heavy (non-hydrogen) atoms. The average molecular weight is 272 g/mol. The lowest BCUT2D eigenvalue weighted by Gasteiger charge is -2.27. The van der Waals surface area contributed by atoms with Gasteiger partial charge >= 0.3 is 12.0 Å². The van der Waals surface area contributed by atoms with Crippen molar-refractivity contribution in [1.82, 2.24) is 10.2 Å². The van der Waals surface area contributed by atoms with Gasteiger partial charge in [-0.25, -0.2) is 9.59 Å². The number of nitrogens with one attached hydrogen (secondary N) is 1. The van der Waals surface area contributed by atoms with Gasteiger partial charge in [-0.3, -0.25) is 0 Å². The highest BCUT2D eigenvalue weighted by molar-refractivity contribution is 5.79. The number of rotatable bonds is 3. The summed E-state index contributed by atoms with van der Waals surface area (Å²) >= 11 is 0. The van der Waals surface area contributed by atoms with Crippen LogP contribution in [0.1, 0.15) is 34.1 Å². The first-order valence-electron chi connectivity index (χ1n) is 6.52. The summed E-state index contributed by atoms with van der Waals surface area (Å²) < 4.78 is 0. The molecule has 1 aliphatic rings. The van der Waals surface area contributed by atoms with Crippen LogP contribution >= 0.6 is 0 Å². The van der Waals surface area contributed by atoms with E-state index in [1.165, 1.54) is 0 Å². The zero-order valence-corrected chi connectivity index (χ0v) is 12.1. The molecule has 1 saturated heterocycles. The average Bonchev–Trinajstić information content (AvgIpc) is 2.74. The molecule has 2 unspecified atom stereocenters. The van der Waals surface area contributed by atoms with Crippen molar-refractivity contribution in [1.29, 1.82) is 0 Å². The Hall–Kier alpha value is -1.30. The largest absolute Gasteiger partial charge is 0.479 e. The van der Waals surface area contributed by atoms with Crippen molar-refractivity contribution in [3.05, 3.63) is 0 Å². The van der Waals surface area contributed by atoms with Gasteiger partial charge in [-0.15, -0.1) is 0 Å². The van der Waals surface area contributed by atoms with Crippen LogP contribution in [0.25, 0.3) is 0 Å². The third-order valence-corrected chi connectivity index (χ3v) is 3.74. The summed E-state index contributed by atoms with van der Waals surface area (Å²) in [6.45, 7) is 8.65. The minimum atomic E-state index is -1.93. The standard InChI is InChI=1S/C13H24N2O4/c1-12(2,3)9-5-6-15(7-9)11(18)14-8-13(4,19)10(16)17/h9,19H,5-8H2,1-4H3,(H,14,18)(H,16,17). The van der Waals surface area contributed by atoms with Gasteiger partial charge in [-0.05, 0) is 24.7 Å². The Bertz CT molecular complexity index is 360. The molecule has 0 spiro atoms. The molecule has 0 radical (unpaired) electrons. The number of hydrogen-bond acceptors (Lipinski definition) is 3. The van der Waals surface area contributed by atoms with Crippen LogP contribution in [0.2, 0.25) is 0 Å². The summed E-state index contributed by atoms with van der Waals surface area (Å²) in [4.78, 5) is 24.3. The Morgan fingerprint density at radius 1 is 1.32 bits per heavy atom. The van der Waals surface area contributed by atoms with E-state index < -0.39 is 11.6 Å². The van der Waals surface area contributed by atoms with Crippen molar-refractivity contribution in [3.63, 3.8) is 0 Å². The lowest BCUT2D eigenvalue weighted by molar-refractivity contribution is -0.155. The molecular formula is C13H24N2O4. The number of aliphatic carboxylic acids is 1. The number of urea groups is 1. The molecule has 1 rings (SSSR count). The Morgan fingerprint density at radius 2 is 1.89 bits per heavy atom. The monoisotopic (exact) mass is 272 g/mol. The minimum absolute atomic E-state index is 0.154. The van der Waals surface area contributed by atoms with Gasteiger partial charge in [-0.1, -0.05) is 20.8 Å². The molecule has 3 N–H and O–H groups in total. The number of hydrogen-bond donors (Lipinski definition) is 3. The lowest BCUT2D eigenvalue weighted by Crippen LogP contribution is -2.49. The van der Waals surface area contributed by atoms with E-state index in [0.29, 0.717) is 19.0 Å². The molecule has 6 heteroatoms. The number of carboxylic acids is 1. The smallest absolute Gasteiger partial charge is 0.337 e. The summed E-state index contributed by atoms with van der Waals surface area (Å²) in [6, 6.07) is -0.312. The molecule has 1 fully saturated rings. The fourth-order valence-corrected chi connectivity index (χ4v) is 2.09. The predicted molar refractivity (Wildman–Crippen MR) is 70.8 cm³/mol. The van der Waals surface area contributed by atoms with Crippen LogP contribution in [0.4, 0.5) is 4.79 Å². The van der Waals surface area contributed by atoms with Crippen LogP contribution in [0.5, 0.6) is 0 Å². The number of nitrogens with zero attached hydrogens (tertiary/aromatic N) is 1. The number of carboxylic acid groups (broad SMARTS) is 1. The third kappa shape index (κ3) is 4.09. The zero-order valence-electron chi connectivity index (χ0n) is 12.1. The van der Waals surface area contributed by atoms with Crippen LogP contribution in [-0.2, 0) is 4.79 Å². The van der Waals surface area contributed by atoms with Crippen molar-refractivity contribution < 1.29 is 19.8 Å². The van der Waals surface area contributed by atoms with Gasteiger partial charge < -0.3 is 20.4 Å². The van der Waals surface area contributed by atoms with Gasteiger partial charge in [-0.2, -0.15) is 0 Å². The number of amides is 2. The van der Waals surface area contributed by atoms with Crippen LogP contribution in [0.3, 0.4) is 0 Å². The van der Waals surface area contributed by atoms with Crippen LogP contribution in [0, 0.1) is 11.3 Å². The highest BCUT2D eigenvalue weighted by Gasteiger charge is 2.35. The molecule has 0 aliphatic carbocycles. The molecule has 1 aliphatic heterocycles. The Balaban J connectivity index is 2.47. The van der Waals surface area contributed by atoms with Crippen molar-refractivity contribution in [2.24, 2.45) is 11.3 Å². The molecule has 0 aromatic heterocycles. The summed E-state index contributed by atoms with van der Waals surface area (Å²) in [6.07, 6.45) is 0.951. The van der Waals surface area contributed by atoms with E-state index in [9.17, 15) is 14.7 Å². The molecule has 0 aromatic carbocycles. The fourth-order valence-electron chi connectivity index (χ4n) is 2.09. The van der Waals surface area contributed by atoms with Crippen LogP contribution in [0.15, 0.2) is 0 Å². The van der Waals surface area contributed by atoms with Crippen LogP contribution < -0.4 is 5.32 Å². The van der Waals surface area contributed by atoms with E-state index in [0.717, 1.165) is 13.3 Å². The highest BCUT2D eigenvalue weighted by Crippen LogP contribution is 2.33. The van der Waals surface area contributed by atoms with Crippen molar-refractivity contribution >= 4 is 12.0 Å². The normalized spacial score (nSPS) is 23.0. The molecule has 1 heterocycles. The zero-order chi connectivity index (χ0) is 14.8. The molecule has 2 amide bonds. The summed E-state index contributed by atoms with van der Waals surface area (Å²) in [7, 11) is 0. The summed E-state index contributed by atoms with van der Waals surface area (Å²) in [5.74, 6) is -0.903. The maximum Gasteiger partial charge on any atom is 0.337 e. The molecule has 6 nitrogen and oxygen atoms in total. The van der Waals surface area contributed by atoms with Crippen molar-refractivity contribution in [3.8, 4) is 0 Å². The molecule has 0 saturated carbocycles. The van der Waals surface area contributed by atoms with E-state index in [1.807, 2.05) is 0 Å². The summed E-state index contributed by atoms with van der Waals surface area (Å²) in [5.41, 5.74) is -1.78. The number of carbonyl (C=O) groups excluding carboxylic acids is 1. The molecular weight excluding hydrogens is 248 g/mol. The number of likely N-dealkylation sites (tertiary alicyclic amines) is 1. The molecule has 110 valence electrons. The Kier molecular flexibility index (Phi) is 4.45. The minimum Gasteiger partial charge on any atom is -0.479 e. The first kappa shape index (κ1) is 15.8. The van der Waals surface area contributed by atoms with Crippen LogP contribution in [-0.4, -0.2) is 52.3 Å². The molecule has 2 atom stereocenters. The highest BCUT2D eigenvalue weighted by atomic mass is 16.4. The van der Waals surface area contributed by atoms with E-state index in [4.69, 9.17) is 5.11 Å². The maximum absolute atomic E-state index is 11.9.